The Hall–Kier alpha value is -1.12. The highest BCUT2D eigenvalue weighted by atomic mass is 16.4. The average Bonchev–Trinajstić information content (AvgIpc) is 1.95. The summed E-state index contributed by atoms with van der Waals surface area (Å²) in [6.45, 7) is 1.56. The Labute approximate surface area is 72.1 Å². The van der Waals surface area contributed by atoms with Crippen molar-refractivity contribution in [3.05, 3.63) is 12.2 Å². The molecule has 0 rings (SSSR count). The molecule has 3 nitrogen and oxygen atoms in total. The number of hydrogen-bond acceptors (Lipinski definition) is 2. The minimum absolute atomic E-state index is 0.192. The zero-order valence-corrected chi connectivity index (χ0v) is 7.25. The van der Waals surface area contributed by atoms with Crippen molar-refractivity contribution in [1.82, 2.24) is 0 Å². The van der Waals surface area contributed by atoms with Gasteiger partial charge in [0.25, 0.3) is 0 Å². The maximum Gasteiger partial charge on any atom is 0.327 e. The van der Waals surface area contributed by atoms with Crippen molar-refractivity contribution in [2.24, 2.45) is 0 Å². The van der Waals surface area contributed by atoms with E-state index in [2.05, 4.69) is 0 Å². The zero-order chi connectivity index (χ0) is 9.40. The minimum atomic E-state index is -0.915. The standard InChI is InChI=1S/C9H14O3/c1-8(10)6-4-2-3-5-7-9(11)12/h5,7H,2-4,6H2,1H3,(H,11,12)/b7-5-. The van der Waals surface area contributed by atoms with Gasteiger partial charge in [0.2, 0.25) is 0 Å². The summed E-state index contributed by atoms with van der Waals surface area (Å²) in [6, 6.07) is 0. The first-order valence-electron chi connectivity index (χ1n) is 4.02. The Morgan fingerprint density at radius 2 is 2.00 bits per heavy atom. The highest BCUT2D eigenvalue weighted by Gasteiger charge is 1.92. The maximum atomic E-state index is 10.5. The number of Topliss-reactive ketones (excluding diaryl/α,β-unsaturated/α-hetero) is 1. The minimum Gasteiger partial charge on any atom is -0.478 e. The lowest BCUT2D eigenvalue weighted by Crippen LogP contribution is -1.89. The van der Waals surface area contributed by atoms with Crippen LogP contribution in [0.1, 0.15) is 32.6 Å². The molecule has 0 aromatic carbocycles. The Balaban J connectivity index is 3.21. The zero-order valence-electron chi connectivity index (χ0n) is 7.25. The summed E-state index contributed by atoms with van der Waals surface area (Å²) in [5.41, 5.74) is 0. The van der Waals surface area contributed by atoms with Crippen LogP contribution in [-0.4, -0.2) is 16.9 Å². The van der Waals surface area contributed by atoms with Crippen LogP contribution in [0, 0.1) is 0 Å². The second-order valence-corrected chi connectivity index (χ2v) is 2.69. The lowest BCUT2D eigenvalue weighted by molar-refractivity contribution is -0.131. The molecule has 0 aromatic heterocycles. The van der Waals surface area contributed by atoms with E-state index in [-0.39, 0.29) is 5.78 Å². The third-order valence-electron chi connectivity index (χ3n) is 1.41. The van der Waals surface area contributed by atoms with Crippen LogP contribution in [0.2, 0.25) is 0 Å². The molecule has 0 aliphatic rings. The molecule has 0 fully saturated rings. The fourth-order valence-corrected chi connectivity index (χ4v) is 0.820. The Bertz CT molecular complexity index is 182. The molecule has 0 spiro atoms. The molecular formula is C9H14O3. The molecule has 0 unspecified atom stereocenters. The number of ketones is 1. The van der Waals surface area contributed by atoms with Crippen molar-refractivity contribution in [3.8, 4) is 0 Å². The number of aliphatic carboxylic acids is 1. The number of carbonyl (C=O) groups excluding carboxylic acids is 1. The van der Waals surface area contributed by atoms with E-state index in [0.29, 0.717) is 6.42 Å². The van der Waals surface area contributed by atoms with Gasteiger partial charge in [-0.3, -0.25) is 0 Å². The summed E-state index contributed by atoms with van der Waals surface area (Å²) < 4.78 is 0. The lowest BCUT2D eigenvalue weighted by atomic mass is 10.1. The van der Waals surface area contributed by atoms with Gasteiger partial charge < -0.3 is 9.90 Å². The van der Waals surface area contributed by atoms with Crippen LogP contribution >= 0.6 is 0 Å². The summed E-state index contributed by atoms with van der Waals surface area (Å²) in [5.74, 6) is -0.723. The van der Waals surface area contributed by atoms with E-state index in [4.69, 9.17) is 5.11 Å². The Morgan fingerprint density at radius 3 is 2.50 bits per heavy atom. The van der Waals surface area contributed by atoms with Crippen molar-refractivity contribution in [2.75, 3.05) is 0 Å². The number of unbranched alkanes of at least 4 members (excludes halogenated alkanes) is 2. The number of allylic oxidation sites excluding steroid dienone is 1. The van der Waals surface area contributed by atoms with Gasteiger partial charge in [-0.2, -0.15) is 0 Å². The number of carboxylic acid groups (broad SMARTS) is 1. The van der Waals surface area contributed by atoms with Gasteiger partial charge in [0.15, 0.2) is 0 Å². The first-order chi connectivity index (χ1) is 5.63. The predicted molar refractivity (Wildman–Crippen MR) is 45.9 cm³/mol. The van der Waals surface area contributed by atoms with Crippen LogP contribution in [0.15, 0.2) is 12.2 Å². The van der Waals surface area contributed by atoms with Crippen molar-refractivity contribution in [3.63, 3.8) is 0 Å². The normalized spacial score (nSPS) is 10.4. The SMILES string of the molecule is CC(=O)CCCC/C=C\C(=O)O. The molecule has 3 heteroatoms. The van der Waals surface area contributed by atoms with E-state index >= 15 is 0 Å². The molecule has 12 heavy (non-hydrogen) atoms. The van der Waals surface area contributed by atoms with Crippen LogP contribution in [-0.2, 0) is 9.59 Å². The second-order valence-electron chi connectivity index (χ2n) is 2.69. The molecule has 0 aliphatic carbocycles. The van der Waals surface area contributed by atoms with Gasteiger partial charge in [-0.25, -0.2) is 4.79 Å². The molecule has 0 heterocycles. The Kier molecular flexibility index (Phi) is 5.97. The molecule has 0 bridgehead atoms. The first kappa shape index (κ1) is 10.9. The van der Waals surface area contributed by atoms with E-state index in [1.165, 1.54) is 0 Å². The highest BCUT2D eigenvalue weighted by molar-refractivity contribution is 5.79. The predicted octanol–water partition coefficient (Wildman–Crippen LogP) is 1.78. The molecule has 68 valence electrons. The fraction of sp³-hybridized carbons (Fsp3) is 0.556. The maximum absolute atomic E-state index is 10.5. The van der Waals surface area contributed by atoms with E-state index in [1.54, 1.807) is 13.0 Å². The quantitative estimate of drug-likeness (QED) is 0.488. The topological polar surface area (TPSA) is 54.4 Å². The van der Waals surface area contributed by atoms with Crippen molar-refractivity contribution < 1.29 is 14.7 Å². The van der Waals surface area contributed by atoms with Crippen molar-refractivity contribution in [2.45, 2.75) is 32.6 Å². The molecule has 0 radical (unpaired) electrons. The first-order valence-corrected chi connectivity index (χ1v) is 4.02. The molecule has 1 N–H and O–H groups in total. The van der Waals surface area contributed by atoms with Gasteiger partial charge in [0.1, 0.15) is 5.78 Å². The van der Waals surface area contributed by atoms with Gasteiger partial charge in [-0.1, -0.05) is 6.08 Å². The molecule has 0 amide bonds. The van der Waals surface area contributed by atoms with E-state index in [1.807, 2.05) is 0 Å². The van der Waals surface area contributed by atoms with Crippen LogP contribution in [0.5, 0.6) is 0 Å². The molecule has 0 aromatic rings. The van der Waals surface area contributed by atoms with Crippen molar-refractivity contribution >= 4 is 11.8 Å². The van der Waals surface area contributed by atoms with Crippen LogP contribution in [0.3, 0.4) is 0 Å². The smallest absolute Gasteiger partial charge is 0.327 e. The highest BCUT2D eigenvalue weighted by Crippen LogP contribution is 2.00. The van der Waals surface area contributed by atoms with E-state index in [9.17, 15) is 9.59 Å². The van der Waals surface area contributed by atoms with E-state index < -0.39 is 5.97 Å². The summed E-state index contributed by atoms with van der Waals surface area (Å²) >= 11 is 0. The van der Waals surface area contributed by atoms with Gasteiger partial charge in [0.05, 0.1) is 0 Å². The Morgan fingerprint density at radius 1 is 1.33 bits per heavy atom. The third-order valence-corrected chi connectivity index (χ3v) is 1.41. The van der Waals surface area contributed by atoms with Crippen LogP contribution in [0.25, 0.3) is 0 Å². The second kappa shape index (κ2) is 6.58. The number of carboxylic acids is 1. The van der Waals surface area contributed by atoms with Gasteiger partial charge in [0, 0.05) is 12.5 Å². The third kappa shape index (κ3) is 8.88. The van der Waals surface area contributed by atoms with Gasteiger partial charge in [-0.05, 0) is 26.2 Å². The number of carbonyl (C=O) groups is 2. The van der Waals surface area contributed by atoms with Crippen LogP contribution < -0.4 is 0 Å². The summed E-state index contributed by atoms with van der Waals surface area (Å²) in [4.78, 5) is 20.5. The molecule has 0 atom stereocenters. The lowest BCUT2D eigenvalue weighted by Gasteiger charge is -1.92. The van der Waals surface area contributed by atoms with Crippen LogP contribution in [0.4, 0.5) is 0 Å². The summed E-state index contributed by atoms with van der Waals surface area (Å²) in [5, 5.41) is 8.22. The van der Waals surface area contributed by atoms with E-state index in [0.717, 1.165) is 25.3 Å². The van der Waals surface area contributed by atoms with Crippen molar-refractivity contribution in [1.29, 1.82) is 0 Å². The van der Waals surface area contributed by atoms with Gasteiger partial charge >= 0.3 is 5.97 Å². The number of rotatable bonds is 6. The summed E-state index contributed by atoms with van der Waals surface area (Å²) in [6.07, 6.45) is 5.80. The molecule has 0 saturated carbocycles. The monoisotopic (exact) mass is 170 g/mol. The fourth-order valence-electron chi connectivity index (χ4n) is 0.820. The largest absolute Gasteiger partial charge is 0.478 e. The number of hydrogen-bond donors (Lipinski definition) is 1. The molecule has 0 aliphatic heterocycles. The summed E-state index contributed by atoms with van der Waals surface area (Å²) in [7, 11) is 0. The van der Waals surface area contributed by atoms with Gasteiger partial charge in [-0.15, -0.1) is 0 Å². The molecule has 0 saturated heterocycles. The molecular weight excluding hydrogens is 156 g/mol. The average molecular weight is 170 g/mol.